The van der Waals surface area contributed by atoms with Crippen molar-refractivity contribution in [3.8, 4) is 0 Å². The molecule has 0 amide bonds. The maximum atomic E-state index is 5.43. The molecule has 1 aromatic carbocycles. The monoisotopic (exact) mass is 215 g/mol. The van der Waals surface area contributed by atoms with E-state index in [9.17, 15) is 0 Å². The minimum atomic E-state index is 0.694. The Bertz CT molecular complexity index is 431. The number of nitrogens with zero attached hydrogens (tertiary/aromatic N) is 1. The molecule has 0 bridgehead atoms. The van der Waals surface area contributed by atoms with Crippen LogP contribution in [0, 0.1) is 6.92 Å². The molecule has 0 spiro atoms. The highest BCUT2D eigenvalue weighted by atomic mass is 16.5. The van der Waals surface area contributed by atoms with E-state index in [1.54, 1.807) is 0 Å². The summed E-state index contributed by atoms with van der Waals surface area (Å²) in [7, 11) is 0. The predicted octanol–water partition coefficient (Wildman–Crippen LogP) is 2.82. The predicted molar refractivity (Wildman–Crippen MR) is 65.3 cm³/mol. The van der Waals surface area contributed by atoms with Crippen LogP contribution >= 0.6 is 0 Å². The fraction of sp³-hybridized carbons (Fsp3) is 0.500. The summed E-state index contributed by atoms with van der Waals surface area (Å²) in [5.74, 6) is 0.694. The molecule has 84 valence electrons. The van der Waals surface area contributed by atoms with Gasteiger partial charge >= 0.3 is 0 Å². The lowest BCUT2D eigenvalue weighted by molar-refractivity contribution is 0.0852. The van der Waals surface area contributed by atoms with E-state index in [2.05, 4.69) is 24.0 Å². The SMILES string of the molecule is Cc1cc2c(cc1C1CCOCC1)CN=C2. The number of aryl methyl sites for hydroxylation is 1. The van der Waals surface area contributed by atoms with E-state index in [1.807, 2.05) is 6.21 Å². The minimum Gasteiger partial charge on any atom is -0.381 e. The highest BCUT2D eigenvalue weighted by Crippen LogP contribution is 2.32. The zero-order chi connectivity index (χ0) is 11.0. The van der Waals surface area contributed by atoms with Gasteiger partial charge in [0.05, 0.1) is 6.54 Å². The first-order valence-corrected chi connectivity index (χ1v) is 6.05. The second kappa shape index (κ2) is 4.02. The van der Waals surface area contributed by atoms with Crippen LogP contribution in [-0.2, 0) is 11.3 Å². The summed E-state index contributed by atoms with van der Waals surface area (Å²) in [6, 6.07) is 4.66. The van der Waals surface area contributed by atoms with Crippen LogP contribution in [0.3, 0.4) is 0 Å². The van der Waals surface area contributed by atoms with Gasteiger partial charge in [-0.05, 0) is 54.0 Å². The van der Waals surface area contributed by atoms with Gasteiger partial charge < -0.3 is 4.74 Å². The lowest BCUT2D eigenvalue weighted by Crippen LogP contribution is -2.15. The lowest BCUT2D eigenvalue weighted by atomic mass is 9.86. The largest absolute Gasteiger partial charge is 0.381 e. The number of hydrogen-bond donors (Lipinski definition) is 0. The summed E-state index contributed by atoms with van der Waals surface area (Å²) in [5, 5.41) is 0. The van der Waals surface area contributed by atoms with E-state index < -0.39 is 0 Å². The molecule has 0 unspecified atom stereocenters. The Hall–Kier alpha value is -1.15. The molecule has 1 saturated heterocycles. The van der Waals surface area contributed by atoms with Crippen molar-refractivity contribution in [2.75, 3.05) is 13.2 Å². The van der Waals surface area contributed by atoms with Crippen molar-refractivity contribution in [3.63, 3.8) is 0 Å². The molecule has 2 aliphatic heterocycles. The molecular weight excluding hydrogens is 198 g/mol. The zero-order valence-electron chi connectivity index (χ0n) is 9.70. The van der Waals surface area contributed by atoms with Crippen LogP contribution in [0.1, 0.15) is 41.0 Å². The van der Waals surface area contributed by atoms with Gasteiger partial charge in [0, 0.05) is 19.4 Å². The normalized spacial score (nSPS) is 20.1. The molecule has 0 saturated carbocycles. The lowest BCUT2D eigenvalue weighted by Gasteiger charge is -2.24. The fourth-order valence-electron chi connectivity index (χ4n) is 2.74. The smallest absolute Gasteiger partial charge is 0.0646 e. The number of fused-ring (bicyclic) bond motifs is 1. The zero-order valence-corrected chi connectivity index (χ0v) is 9.70. The first-order chi connectivity index (χ1) is 7.84. The summed E-state index contributed by atoms with van der Waals surface area (Å²) < 4.78 is 5.43. The van der Waals surface area contributed by atoms with Crippen molar-refractivity contribution in [2.24, 2.45) is 4.99 Å². The highest BCUT2D eigenvalue weighted by molar-refractivity contribution is 5.85. The van der Waals surface area contributed by atoms with Crippen LogP contribution in [-0.4, -0.2) is 19.4 Å². The van der Waals surface area contributed by atoms with Gasteiger partial charge in [-0.15, -0.1) is 0 Å². The van der Waals surface area contributed by atoms with Crippen molar-refractivity contribution in [3.05, 3.63) is 34.4 Å². The molecule has 2 heterocycles. The Labute approximate surface area is 96.3 Å². The quantitative estimate of drug-likeness (QED) is 0.706. The molecule has 1 aromatic rings. The molecular formula is C14H17NO. The number of ether oxygens (including phenoxy) is 1. The Balaban J connectivity index is 1.95. The topological polar surface area (TPSA) is 21.6 Å². The molecule has 0 radical (unpaired) electrons. The van der Waals surface area contributed by atoms with E-state index in [4.69, 9.17) is 4.74 Å². The Morgan fingerprint density at radius 2 is 2.06 bits per heavy atom. The van der Waals surface area contributed by atoms with Gasteiger partial charge in [0.1, 0.15) is 0 Å². The van der Waals surface area contributed by atoms with E-state index in [0.717, 1.165) is 19.8 Å². The van der Waals surface area contributed by atoms with Gasteiger partial charge in [-0.25, -0.2) is 0 Å². The van der Waals surface area contributed by atoms with Crippen molar-refractivity contribution in [1.82, 2.24) is 0 Å². The minimum absolute atomic E-state index is 0.694. The molecule has 3 rings (SSSR count). The summed E-state index contributed by atoms with van der Waals surface area (Å²) in [4.78, 5) is 4.33. The van der Waals surface area contributed by atoms with E-state index in [1.165, 1.54) is 35.1 Å². The molecule has 0 atom stereocenters. The van der Waals surface area contributed by atoms with Crippen molar-refractivity contribution in [2.45, 2.75) is 32.2 Å². The summed E-state index contributed by atoms with van der Waals surface area (Å²) >= 11 is 0. The maximum absolute atomic E-state index is 5.43. The number of aliphatic imine (C=N–C) groups is 1. The number of benzene rings is 1. The third kappa shape index (κ3) is 1.67. The maximum Gasteiger partial charge on any atom is 0.0646 e. The van der Waals surface area contributed by atoms with Crippen LogP contribution in [0.5, 0.6) is 0 Å². The Morgan fingerprint density at radius 3 is 2.88 bits per heavy atom. The van der Waals surface area contributed by atoms with Crippen molar-refractivity contribution >= 4 is 6.21 Å². The van der Waals surface area contributed by atoms with Crippen molar-refractivity contribution in [1.29, 1.82) is 0 Å². The van der Waals surface area contributed by atoms with Gasteiger partial charge in [0.25, 0.3) is 0 Å². The molecule has 0 aromatic heterocycles. The van der Waals surface area contributed by atoms with Crippen LogP contribution in [0.4, 0.5) is 0 Å². The van der Waals surface area contributed by atoms with Crippen LogP contribution in [0.25, 0.3) is 0 Å². The third-order valence-corrected chi connectivity index (χ3v) is 3.68. The number of hydrogen-bond acceptors (Lipinski definition) is 2. The highest BCUT2D eigenvalue weighted by Gasteiger charge is 2.19. The van der Waals surface area contributed by atoms with Crippen LogP contribution in [0.2, 0.25) is 0 Å². The molecule has 2 aliphatic rings. The second-order valence-corrected chi connectivity index (χ2v) is 4.76. The molecule has 0 aliphatic carbocycles. The van der Waals surface area contributed by atoms with Gasteiger partial charge in [-0.3, -0.25) is 4.99 Å². The summed E-state index contributed by atoms with van der Waals surface area (Å²) in [5.41, 5.74) is 5.65. The summed E-state index contributed by atoms with van der Waals surface area (Å²) in [6.07, 6.45) is 4.33. The van der Waals surface area contributed by atoms with Gasteiger partial charge in [0.15, 0.2) is 0 Å². The van der Waals surface area contributed by atoms with Crippen molar-refractivity contribution < 1.29 is 4.74 Å². The Morgan fingerprint density at radius 1 is 1.25 bits per heavy atom. The molecule has 2 nitrogen and oxygen atoms in total. The Kier molecular flexibility index (Phi) is 2.52. The average Bonchev–Trinajstić information content (AvgIpc) is 2.76. The van der Waals surface area contributed by atoms with Crippen LogP contribution in [0.15, 0.2) is 17.1 Å². The van der Waals surface area contributed by atoms with E-state index in [-0.39, 0.29) is 0 Å². The third-order valence-electron chi connectivity index (χ3n) is 3.68. The molecule has 2 heteroatoms. The van der Waals surface area contributed by atoms with E-state index in [0.29, 0.717) is 5.92 Å². The first kappa shape index (κ1) is 10.0. The fourth-order valence-corrected chi connectivity index (χ4v) is 2.74. The average molecular weight is 215 g/mol. The van der Waals surface area contributed by atoms with Gasteiger partial charge in [0.2, 0.25) is 0 Å². The molecule has 16 heavy (non-hydrogen) atoms. The molecule has 1 fully saturated rings. The first-order valence-electron chi connectivity index (χ1n) is 6.05. The molecule has 0 N–H and O–H groups in total. The second-order valence-electron chi connectivity index (χ2n) is 4.76. The van der Waals surface area contributed by atoms with Gasteiger partial charge in [-0.1, -0.05) is 6.07 Å². The van der Waals surface area contributed by atoms with Crippen LogP contribution < -0.4 is 0 Å². The van der Waals surface area contributed by atoms with Gasteiger partial charge in [-0.2, -0.15) is 0 Å². The van der Waals surface area contributed by atoms with E-state index >= 15 is 0 Å². The standard InChI is InChI=1S/C14H17NO/c1-10-6-12-8-15-9-13(12)7-14(10)11-2-4-16-5-3-11/h6-8,11H,2-5,9H2,1H3. The number of rotatable bonds is 1. The summed E-state index contributed by atoms with van der Waals surface area (Å²) in [6.45, 7) is 4.92.